The van der Waals surface area contributed by atoms with Crippen LogP contribution >= 0.6 is 12.6 Å². The Morgan fingerprint density at radius 3 is 2.00 bits per heavy atom. The molecule has 0 bridgehead atoms. The van der Waals surface area contributed by atoms with Crippen molar-refractivity contribution >= 4 is 12.6 Å². The first kappa shape index (κ1) is 10.4. The summed E-state index contributed by atoms with van der Waals surface area (Å²) in [6.45, 7) is 8.01. The molecular weight excluding hydrogens is 172 g/mol. The molecule has 0 aromatic heterocycles. The molecule has 0 aromatic carbocycles. The van der Waals surface area contributed by atoms with E-state index in [1.165, 1.54) is 0 Å². The van der Waals surface area contributed by atoms with Gasteiger partial charge in [-0.15, -0.1) is 0 Å². The van der Waals surface area contributed by atoms with Crippen molar-refractivity contribution < 1.29 is 9.47 Å². The van der Waals surface area contributed by atoms with Gasteiger partial charge in [-0.25, -0.2) is 0 Å². The highest BCUT2D eigenvalue weighted by molar-refractivity contribution is 7.81. The molecule has 3 heteroatoms. The minimum atomic E-state index is -0.108. The van der Waals surface area contributed by atoms with Crippen molar-refractivity contribution in [3.8, 4) is 0 Å². The lowest BCUT2D eigenvalue weighted by Gasteiger charge is -2.32. The molecule has 0 spiro atoms. The van der Waals surface area contributed by atoms with Gasteiger partial charge in [0.2, 0.25) is 0 Å². The van der Waals surface area contributed by atoms with E-state index in [1.54, 1.807) is 0 Å². The molecule has 1 atom stereocenters. The summed E-state index contributed by atoms with van der Waals surface area (Å²) in [6.07, 6.45) is -0.108. The molecule has 1 fully saturated rings. The summed E-state index contributed by atoms with van der Waals surface area (Å²) < 4.78 is 11.0. The van der Waals surface area contributed by atoms with Gasteiger partial charge in [0.25, 0.3) is 0 Å². The Hall–Kier alpha value is 0.270. The van der Waals surface area contributed by atoms with Crippen LogP contribution in [0.15, 0.2) is 0 Å². The predicted molar refractivity (Wildman–Crippen MR) is 52.5 cm³/mol. The second-order valence-electron chi connectivity index (χ2n) is 3.78. The minimum absolute atomic E-state index is 0.108. The van der Waals surface area contributed by atoms with Crippen molar-refractivity contribution in [2.45, 2.75) is 32.3 Å². The maximum atomic E-state index is 5.51. The van der Waals surface area contributed by atoms with E-state index in [1.807, 2.05) is 6.92 Å². The minimum Gasteiger partial charge on any atom is -0.351 e. The lowest BCUT2D eigenvalue weighted by molar-refractivity contribution is -0.203. The van der Waals surface area contributed by atoms with Crippen molar-refractivity contribution in [3.63, 3.8) is 0 Å². The van der Waals surface area contributed by atoms with E-state index in [4.69, 9.17) is 9.47 Å². The van der Waals surface area contributed by atoms with E-state index in [-0.39, 0.29) is 11.5 Å². The summed E-state index contributed by atoms with van der Waals surface area (Å²) in [7, 11) is 0. The molecule has 1 saturated heterocycles. The average molecular weight is 190 g/mol. The molecule has 12 heavy (non-hydrogen) atoms. The Bertz CT molecular complexity index is 112. The van der Waals surface area contributed by atoms with Crippen molar-refractivity contribution in [2.24, 2.45) is 11.8 Å². The van der Waals surface area contributed by atoms with E-state index in [0.717, 1.165) is 13.2 Å². The van der Waals surface area contributed by atoms with Crippen LogP contribution in [0.2, 0.25) is 0 Å². The van der Waals surface area contributed by atoms with Crippen LogP contribution in [-0.2, 0) is 9.47 Å². The van der Waals surface area contributed by atoms with Crippen molar-refractivity contribution in [3.05, 3.63) is 0 Å². The first-order valence-electron chi connectivity index (χ1n) is 4.52. The van der Waals surface area contributed by atoms with E-state index in [0.29, 0.717) is 11.8 Å². The normalized spacial score (nSPS) is 33.8. The number of ether oxygens (including phenoxy) is 2. The number of hydrogen-bond acceptors (Lipinski definition) is 3. The quantitative estimate of drug-likeness (QED) is 0.671. The van der Waals surface area contributed by atoms with Crippen LogP contribution in [0.3, 0.4) is 0 Å². The first-order chi connectivity index (χ1) is 5.61. The molecule has 0 aliphatic carbocycles. The van der Waals surface area contributed by atoms with Crippen molar-refractivity contribution in [1.82, 2.24) is 0 Å². The molecule has 1 aliphatic rings. The molecule has 1 aliphatic heterocycles. The fraction of sp³-hybridized carbons (Fsp3) is 1.00. The van der Waals surface area contributed by atoms with Crippen LogP contribution in [0.25, 0.3) is 0 Å². The van der Waals surface area contributed by atoms with Gasteiger partial charge < -0.3 is 9.47 Å². The number of hydrogen-bond donors (Lipinski definition) is 1. The van der Waals surface area contributed by atoms with E-state index >= 15 is 0 Å². The zero-order valence-corrected chi connectivity index (χ0v) is 8.88. The second kappa shape index (κ2) is 4.49. The van der Waals surface area contributed by atoms with Crippen LogP contribution in [-0.4, -0.2) is 24.8 Å². The standard InChI is InChI=1S/C9H18O2S/c1-6(2)8-4-10-9(7(3)12)11-5-8/h6-9,12H,4-5H2,1-3H3/t7-,8?,9?/m0/s1. The fourth-order valence-electron chi connectivity index (χ4n) is 1.20. The summed E-state index contributed by atoms with van der Waals surface area (Å²) in [6, 6.07) is 0. The number of thiol groups is 1. The lowest BCUT2D eigenvalue weighted by Crippen LogP contribution is -2.38. The Labute approximate surface area is 80.0 Å². The first-order valence-corrected chi connectivity index (χ1v) is 5.04. The summed E-state index contributed by atoms with van der Waals surface area (Å²) in [5.41, 5.74) is 0. The van der Waals surface area contributed by atoms with E-state index in [9.17, 15) is 0 Å². The zero-order chi connectivity index (χ0) is 9.14. The topological polar surface area (TPSA) is 18.5 Å². The third-order valence-electron chi connectivity index (χ3n) is 2.29. The van der Waals surface area contributed by atoms with Gasteiger partial charge in [0.05, 0.1) is 13.2 Å². The van der Waals surface area contributed by atoms with Gasteiger partial charge in [-0.05, 0) is 12.8 Å². The zero-order valence-electron chi connectivity index (χ0n) is 7.99. The predicted octanol–water partition coefficient (Wildman–Crippen LogP) is 1.95. The van der Waals surface area contributed by atoms with Crippen LogP contribution in [0.4, 0.5) is 0 Å². The highest BCUT2D eigenvalue weighted by atomic mass is 32.1. The molecule has 0 radical (unpaired) electrons. The molecule has 0 unspecified atom stereocenters. The summed E-state index contributed by atoms with van der Waals surface area (Å²) >= 11 is 4.27. The molecule has 0 saturated carbocycles. The third kappa shape index (κ3) is 2.64. The van der Waals surface area contributed by atoms with Gasteiger partial charge in [0.15, 0.2) is 6.29 Å². The summed E-state index contributed by atoms with van der Waals surface area (Å²) in [5.74, 6) is 1.19. The van der Waals surface area contributed by atoms with Gasteiger partial charge in [-0.3, -0.25) is 0 Å². The Kier molecular flexibility index (Phi) is 3.87. The molecule has 72 valence electrons. The van der Waals surface area contributed by atoms with Crippen molar-refractivity contribution in [2.75, 3.05) is 13.2 Å². The molecule has 2 nitrogen and oxygen atoms in total. The van der Waals surface area contributed by atoms with Gasteiger partial charge in [0.1, 0.15) is 0 Å². The van der Waals surface area contributed by atoms with Gasteiger partial charge in [-0.2, -0.15) is 12.6 Å². The largest absolute Gasteiger partial charge is 0.351 e. The van der Waals surface area contributed by atoms with Crippen LogP contribution in [0.5, 0.6) is 0 Å². The molecule has 1 heterocycles. The highest BCUT2D eigenvalue weighted by Crippen LogP contribution is 2.21. The van der Waals surface area contributed by atoms with Crippen LogP contribution in [0.1, 0.15) is 20.8 Å². The van der Waals surface area contributed by atoms with E-state index in [2.05, 4.69) is 26.5 Å². The molecule has 0 amide bonds. The van der Waals surface area contributed by atoms with Gasteiger partial charge in [0, 0.05) is 11.2 Å². The average Bonchev–Trinajstić information content (AvgIpc) is 2.04. The second-order valence-corrected chi connectivity index (χ2v) is 4.59. The highest BCUT2D eigenvalue weighted by Gasteiger charge is 2.26. The third-order valence-corrected chi connectivity index (χ3v) is 2.53. The van der Waals surface area contributed by atoms with Crippen LogP contribution in [0, 0.1) is 11.8 Å². The maximum absolute atomic E-state index is 5.51. The molecular formula is C9H18O2S. The van der Waals surface area contributed by atoms with Crippen molar-refractivity contribution in [1.29, 1.82) is 0 Å². The van der Waals surface area contributed by atoms with Gasteiger partial charge in [-0.1, -0.05) is 13.8 Å². The fourth-order valence-corrected chi connectivity index (χ4v) is 1.37. The summed E-state index contributed by atoms with van der Waals surface area (Å²) in [5, 5.41) is 0.165. The van der Waals surface area contributed by atoms with E-state index < -0.39 is 0 Å². The number of rotatable bonds is 2. The lowest BCUT2D eigenvalue weighted by atomic mass is 9.97. The SMILES string of the molecule is CC(C)C1COC([C@H](C)S)OC1. The van der Waals surface area contributed by atoms with Gasteiger partial charge >= 0.3 is 0 Å². The smallest absolute Gasteiger partial charge is 0.168 e. The molecule has 0 aromatic rings. The monoisotopic (exact) mass is 190 g/mol. The maximum Gasteiger partial charge on any atom is 0.168 e. The Balaban J connectivity index is 2.30. The Morgan fingerprint density at radius 2 is 1.67 bits per heavy atom. The summed E-state index contributed by atoms with van der Waals surface area (Å²) in [4.78, 5) is 0. The Morgan fingerprint density at radius 1 is 1.17 bits per heavy atom. The molecule has 0 N–H and O–H groups in total. The van der Waals surface area contributed by atoms with Crippen LogP contribution < -0.4 is 0 Å². The molecule has 1 rings (SSSR count).